The normalized spacial score (nSPS) is 20.7. The van der Waals surface area contributed by atoms with Crippen LogP contribution in [0.15, 0.2) is 48.5 Å². The molecule has 2 atom stereocenters. The summed E-state index contributed by atoms with van der Waals surface area (Å²) in [5.41, 5.74) is 4.59. The molecule has 2 aromatic carbocycles. The van der Waals surface area contributed by atoms with Gasteiger partial charge in [0.05, 0.1) is 5.92 Å². The highest BCUT2D eigenvalue weighted by atomic mass is 16.5. The van der Waals surface area contributed by atoms with E-state index in [9.17, 15) is 19.5 Å². The van der Waals surface area contributed by atoms with Crippen LogP contribution in [0.25, 0.3) is 11.1 Å². The quantitative estimate of drug-likeness (QED) is 0.510. The number of hydrogen-bond acceptors (Lipinski definition) is 4. The molecule has 3 N–H and O–H groups in total. The maximum Gasteiger partial charge on any atom is 0.407 e. The summed E-state index contributed by atoms with van der Waals surface area (Å²) in [7, 11) is 0. The summed E-state index contributed by atoms with van der Waals surface area (Å²) in [6.07, 6.45) is 2.46. The molecule has 0 spiro atoms. The first-order valence-electron chi connectivity index (χ1n) is 12.5. The van der Waals surface area contributed by atoms with Crippen LogP contribution in [0.2, 0.25) is 0 Å². The first-order valence-corrected chi connectivity index (χ1v) is 12.5. The second kappa shape index (κ2) is 10.9. The number of carboxylic acid groups (broad SMARTS) is 1. The number of benzene rings is 2. The number of fused-ring (bicyclic) bond motifs is 3. The fourth-order valence-corrected chi connectivity index (χ4v) is 5.24. The fraction of sp³-hybridized carbons (Fsp3) is 0.464. The molecule has 2 aromatic rings. The fourth-order valence-electron chi connectivity index (χ4n) is 5.24. The summed E-state index contributed by atoms with van der Waals surface area (Å²) in [6.45, 7) is 4.09. The Morgan fingerprint density at radius 1 is 0.971 bits per heavy atom. The largest absolute Gasteiger partial charge is 0.481 e. The molecule has 4 rings (SSSR count). The lowest BCUT2D eigenvalue weighted by molar-refractivity contribution is -0.142. The van der Waals surface area contributed by atoms with Crippen molar-refractivity contribution in [2.24, 2.45) is 11.8 Å². The van der Waals surface area contributed by atoms with Gasteiger partial charge in [0.1, 0.15) is 12.6 Å². The van der Waals surface area contributed by atoms with E-state index in [0.29, 0.717) is 32.1 Å². The van der Waals surface area contributed by atoms with E-state index in [-0.39, 0.29) is 36.3 Å². The van der Waals surface area contributed by atoms with Gasteiger partial charge in [-0.25, -0.2) is 4.79 Å². The van der Waals surface area contributed by atoms with Gasteiger partial charge in [-0.15, -0.1) is 0 Å². The van der Waals surface area contributed by atoms with Gasteiger partial charge in [0.15, 0.2) is 0 Å². The SMILES string of the molecule is CC[C@H](C)[C@H](NC(=O)OCC1c2ccccc2-c2ccccc21)C(=O)NC1CCC(C(=O)O)CC1. The molecule has 0 saturated heterocycles. The number of carboxylic acids is 1. The van der Waals surface area contributed by atoms with Gasteiger partial charge in [0.2, 0.25) is 5.91 Å². The molecule has 0 aromatic heterocycles. The highest BCUT2D eigenvalue weighted by Gasteiger charge is 2.33. The average Bonchev–Trinajstić information content (AvgIpc) is 3.19. The van der Waals surface area contributed by atoms with Crippen LogP contribution in [0, 0.1) is 11.8 Å². The van der Waals surface area contributed by atoms with Gasteiger partial charge in [-0.2, -0.15) is 0 Å². The number of hydrogen-bond donors (Lipinski definition) is 3. The van der Waals surface area contributed by atoms with Crippen LogP contribution in [-0.4, -0.2) is 41.8 Å². The van der Waals surface area contributed by atoms with Crippen LogP contribution in [0.1, 0.15) is 63.0 Å². The number of alkyl carbamates (subject to hydrolysis) is 1. The number of nitrogens with one attached hydrogen (secondary N) is 2. The van der Waals surface area contributed by atoms with Crippen LogP contribution >= 0.6 is 0 Å². The minimum Gasteiger partial charge on any atom is -0.481 e. The summed E-state index contributed by atoms with van der Waals surface area (Å²) >= 11 is 0. The van der Waals surface area contributed by atoms with Gasteiger partial charge >= 0.3 is 12.1 Å². The zero-order valence-corrected chi connectivity index (χ0v) is 20.3. The average molecular weight is 479 g/mol. The van der Waals surface area contributed by atoms with Crippen LogP contribution < -0.4 is 10.6 Å². The molecule has 1 saturated carbocycles. The Kier molecular flexibility index (Phi) is 7.73. The number of rotatable bonds is 8. The van der Waals surface area contributed by atoms with Crippen LogP contribution in [0.4, 0.5) is 4.79 Å². The van der Waals surface area contributed by atoms with E-state index in [1.807, 2.05) is 38.1 Å². The smallest absolute Gasteiger partial charge is 0.407 e. The zero-order chi connectivity index (χ0) is 24.9. The van der Waals surface area contributed by atoms with Crippen molar-refractivity contribution in [3.63, 3.8) is 0 Å². The Bertz CT molecular complexity index is 1030. The molecule has 1 fully saturated rings. The van der Waals surface area contributed by atoms with Crippen molar-refractivity contribution in [1.82, 2.24) is 10.6 Å². The Labute approximate surface area is 206 Å². The first kappa shape index (κ1) is 24.8. The maximum absolute atomic E-state index is 13.1. The summed E-state index contributed by atoms with van der Waals surface area (Å²) in [6, 6.07) is 15.5. The molecule has 0 bridgehead atoms. The lowest BCUT2D eigenvalue weighted by Crippen LogP contribution is -2.53. The predicted octanol–water partition coefficient (Wildman–Crippen LogP) is 4.70. The van der Waals surface area contributed by atoms with Crippen molar-refractivity contribution in [3.8, 4) is 11.1 Å². The van der Waals surface area contributed by atoms with E-state index >= 15 is 0 Å². The van der Waals surface area contributed by atoms with E-state index in [2.05, 4.69) is 34.9 Å². The highest BCUT2D eigenvalue weighted by molar-refractivity contribution is 5.86. The number of carbonyl (C=O) groups excluding carboxylic acids is 2. The molecule has 2 aliphatic carbocycles. The lowest BCUT2D eigenvalue weighted by atomic mass is 9.86. The van der Waals surface area contributed by atoms with Crippen molar-refractivity contribution < 1.29 is 24.2 Å². The van der Waals surface area contributed by atoms with E-state index in [4.69, 9.17) is 4.74 Å². The molecular formula is C28H34N2O5. The van der Waals surface area contributed by atoms with Gasteiger partial charge in [0, 0.05) is 12.0 Å². The third-order valence-electron chi connectivity index (χ3n) is 7.54. The number of carbonyl (C=O) groups is 3. The Morgan fingerprint density at radius 2 is 1.54 bits per heavy atom. The molecule has 2 amide bonds. The topological polar surface area (TPSA) is 105 Å². The van der Waals surface area contributed by atoms with Gasteiger partial charge in [-0.1, -0.05) is 68.8 Å². The molecule has 7 nitrogen and oxygen atoms in total. The molecule has 0 radical (unpaired) electrons. The Balaban J connectivity index is 1.36. The van der Waals surface area contributed by atoms with Crippen molar-refractivity contribution in [3.05, 3.63) is 59.7 Å². The lowest BCUT2D eigenvalue weighted by Gasteiger charge is -2.30. The molecule has 0 heterocycles. The van der Waals surface area contributed by atoms with Gasteiger partial charge in [0.25, 0.3) is 0 Å². The number of ether oxygens (including phenoxy) is 1. The molecule has 0 unspecified atom stereocenters. The van der Waals surface area contributed by atoms with E-state index in [1.54, 1.807) is 0 Å². The van der Waals surface area contributed by atoms with E-state index in [1.165, 1.54) is 0 Å². The minimum atomic E-state index is -0.774. The van der Waals surface area contributed by atoms with E-state index < -0.39 is 18.1 Å². The summed E-state index contributed by atoms with van der Waals surface area (Å²) in [5, 5.41) is 15.0. The number of aliphatic carboxylic acids is 1. The van der Waals surface area contributed by atoms with Crippen molar-refractivity contribution in [2.45, 2.75) is 64.0 Å². The molecular weight excluding hydrogens is 444 g/mol. The number of amides is 2. The molecule has 35 heavy (non-hydrogen) atoms. The predicted molar refractivity (Wildman–Crippen MR) is 133 cm³/mol. The highest BCUT2D eigenvalue weighted by Crippen LogP contribution is 2.44. The first-order chi connectivity index (χ1) is 16.9. The summed E-state index contributed by atoms with van der Waals surface area (Å²) in [5.74, 6) is -1.48. The summed E-state index contributed by atoms with van der Waals surface area (Å²) < 4.78 is 5.65. The third kappa shape index (κ3) is 5.50. The summed E-state index contributed by atoms with van der Waals surface area (Å²) in [4.78, 5) is 37.0. The van der Waals surface area contributed by atoms with Crippen LogP contribution in [0.3, 0.4) is 0 Å². The van der Waals surface area contributed by atoms with Gasteiger partial charge in [-0.3, -0.25) is 9.59 Å². The standard InChI is InChI=1S/C28H34N2O5/c1-3-17(2)25(26(31)29-19-14-12-18(13-15-19)27(32)33)30-28(34)35-16-24-22-10-6-4-8-20(22)21-9-5-7-11-23(21)24/h4-11,17-19,24-25H,3,12-16H2,1-2H3,(H,29,31)(H,30,34)(H,32,33)/t17-,18?,19?,25-/m0/s1. The second-order valence-corrected chi connectivity index (χ2v) is 9.73. The minimum absolute atomic E-state index is 0.0477. The van der Waals surface area contributed by atoms with Crippen molar-refractivity contribution in [1.29, 1.82) is 0 Å². The van der Waals surface area contributed by atoms with Crippen LogP contribution in [0.5, 0.6) is 0 Å². The third-order valence-corrected chi connectivity index (χ3v) is 7.54. The molecule has 7 heteroatoms. The monoisotopic (exact) mass is 478 g/mol. The van der Waals surface area contributed by atoms with Crippen molar-refractivity contribution in [2.75, 3.05) is 6.61 Å². The van der Waals surface area contributed by atoms with Gasteiger partial charge in [-0.05, 0) is 53.9 Å². The second-order valence-electron chi connectivity index (χ2n) is 9.73. The molecule has 0 aliphatic heterocycles. The van der Waals surface area contributed by atoms with Gasteiger partial charge < -0.3 is 20.5 Å². The Hall–Kier alpha value is -3.35. The van der Waals surface area contributed by atoms with Crippen LogP contribution in [-0.2, 0) is 14.3 Å². The Morgan fingerprint density at radius 3 is 2.09 bits per heavy atom. The van der Waals surface area contributed by atoms with E-state index in [0.717, 1.165) is 22.3 Å². The molecule has 2 aliphatic rings. The maximum atomic E-state index is 13.1. The zero-order valence-electron chi connectivity index (χ0n) is 20.3. The molecule has 186 valence electrons. The van der Waals surface area contributed by atoms with Crippen molar-refractivity contribution >= 4 is 18.0 Å².